The number of carbonyl (C=O) groups excluding carboxylic acids is 1. The maximum Gasteiger partial charge on any atom is 0.251 e. The molecule has 0 saturated heterocycles. The molecule has 5 nitrogen and oxygen atoms in total. The Morgan fingerprint density at radius 3 is 2.37 bits per heavy atom. The molecule has 0 saturated carbocycles. The molecule has 1 amide bonds. The summed E-state index contributed by atoms with van der Waals surface area (Å²) < 4.78 is 10.6. The summed E-state index contributed by atoms with van der Waals surface area (Å²) in [5.41, 5.74) is 1.80. The molecule has 0 radical (unpaired) electrons. The minimum absolute atomic E-state index is 0.332. The molecule has 0 bridgehead atoms. The Hall–Kier alpha value is -1.75. The number of amides is 1. The van der Waals surface area contributed by atoms with Crippen LogP contribution in [0.2, 0.25) is 0 Å². The molecular weight excluding hydrogens is 246 g/mol. The van der Waals surface area contributed by atoms with Crippen LogP contribution in [0.25, 0.3) is 0 Å². The van der Waals surface area contributed by atoms with Crippen molar-refractivity contribution in [2.24, 2.45) is 0 Å². The zero-order valence-electron chi connectivity index (χ0n) is 12.1. The van der Waals surface area contributed by atoms with Crippen molar-refractivity contribution in [1.82, 2.24) is 4.90 Å². The molecule has 1 aromatic rings. The first-order valence-corrected chi connectivity index (χ1v) is 6.05. The number of benzene rings is 1. The number of methoxy groups -OCH3 is 2. The Kier molecular flexibility index (Phi) is 5.18. The molecule has 0 aliphatic carbocycles. The minimum atomic E-state index is -1.01. The first kappa shape index (κ1) is 15.3. The molecule has 0 spiro atoms. The molecule has 1 aromatic carbocycles. The van der Waals surface area contributed by atoms with E-state index in [2.05, 4.69) is 0 Å². The highest BCUT2D eigenvalue weighted by molar-refractivity contribution is 5.80. The summed E-state index contributed by atoms with van der Waals surface area (Å²) in [6, 6.07) is 3.72. The smallest absolute Gasteiger partial charge is 0.251 e. The summed E-state index contributed by atoms with van der Waals surface area (Å²) in [6.07, 6.45) is -1.01. The Balaban J connectivity index is 3.02. The fourth-order valence-electron chi connectivity index (χ4n) is 1.89. The molecule has 0 aliphatic heterocycles. The third-order valence-electron chi connectivity index (χ3n) is 2.94. The number of aliphatic hydroxyl groups excluding tert-OH is 1. The van der Waals surface area contributed by atoms with Crippen LogP contribution in [0.4, 0.5) is 0 Å². The highest BCUT2D eigenvalue weighted by atomic mass is 16.5. The van der Waals surface area contributed by atoms with Gasteiger partial charge >= 0.3 is 0 Å². The van der Waals surface area contributed by atoms with Crippen molar-refractivity contribution >= 4 is 5.91 Å². The quantitative estimate of drug-likeness (QED) is 0.875. The molecule has 0 aliphatic rings. The van der Waals surface area contributed by atoms with E-state index in [1.165, 1.54) is 11.8 Å². The summed E-state index contributed by atoms with van der Waals surface area (Å²) in [6.45, 7) is 3.73. The van der Waals surface area contributed by atoms with Crippen LogP contribution in [0.3, 0.4) is 0 Å². The van der Waals surface area contributed by atoms with Gasteiger partial charge in [0.05, 0.1) is 14.2 Å². The van der Waals surface area contributed by atoms with E-state index < -0.39 is 6.10 Å². The number of aryl methyl sites for hydroxylation is 1. The monoisotopic (exact) mass is 267 g/mol. The highest BCUT2D eigenvalue weighted by Gasteiger charge is 2.17. The van der Waals surface area contributed by atoms with Gasteiger partial charge < -0.3 is 19.5 Å². The largest absolute Gasteiger partial charge is 0.496 e. The topological polar surface area (TPSA) is 59.0 Å². The summed E-state index contributed by atoms with van der Waals surface area (Å²) in [7, 11) is 4.82. The van der Waals surface area contributed by atoms with E-state index in [1.54, 1.807) is 21.3 Å². The Bertz CT molecular complexity index is 457. The average molecular weight is 267 g/mol. The van der Waals surface area contributed by atoms with Crippen LogP contribution in [-0.2, 0) is 11.3 Å². The number of ether oxygens (including phenoxy) is 2. The maximum atomic E-state index is 11.7. The lowest BCUT2D eigenvalue weighted by Crippen LogP contribution is -2.34. The fraction of sp³-hybridized carbons (Fsp3) is 0.500. The lowest BCUT2D eigenvalue weighted by Gasteiger charge is -2.21. The summed E-state index contributed by atoms with van der Waals surface area (Å²) in [5, 5.41) is 9.29. The Labute approximate surface area is 113 Å². The zero-order valence-corrected chi connectivity index (χ0v) is 12.1. The first-order valence-electron chi connectivity index (χ1n) is 6.05. The Morgan fingerprint density at radius 1 is 1.32 bits per heavy atom. The Morgan fingerprint density at radius 2 is 1.89 bits per heavy atom. The van der Waals surface area contributed by atoms with E-state index in [-0.39, 0.29) is 5.91 Å². The second-order valence-corrected chi connectivity index (χ2v) is 4.50. The van der Waals surface area contributed by atoms with Gasteiger partial charge in [-0.1, -0.05) is 0 Å². The first-order chi connectivity index (χ1) is 8.90. The van der Waals surface area contributed by atoms with Crippen molar-refractivity contribution in [2.45, 2.75) is 26.5 Å². The van der Waals surface area contributed by atoms with Crippen molar-refractivity contribution in [1.29, 1.82) is 0 Å². The number of aliphatic hydroxyl groups is 1. The number of carbonyl (C=O) groups is 1. The van der Waals surface area contributed by atoms with Gasteiger partial charge in [0.2, 0.25) is 0 Å². The van der Waals surface area contributed by atoms with E-state index in [4.69, 9.17) is 9.47 Å². The highest BCUT2D eigenvalue weighted by Crippen LogP contribution is 2.29. The molecule has 106 valence electrons. The van der Waals surface area contributed by atoms with Crippen LogP contribution < -0.4 is 9.47 Å². The van der Waals surface area contributed by atoms with Gasteiger partial charge in [0, 0.05) is 19.2 Å². The normalized spacial score (nSPS) is 11.9. The third-order valence-corrected chi connectivity index (χ3v) is 2.94. The molecule has 1 N–H and O–H groups in total. The molecule has 0 aromatic heterocycles. The predicted octanol–water partition coefficient (Wildman–Crippen LogP) is 1.35. The van der Waals surface area contributed by atoms with Crippen molar-refractivity contribution in [3.63, 3.8) is 0 Å². The molecule has 0 heterocycles. The van der Waals surface area contributed by atoms with Gasteiger partial charge in [0.25, 0.3) is 5.91 Å². The lowest BCUT2D eigenvalue weighted by molar-refractivity contribution is -0.138. The van der Waals surface area contributed by atoms with Gasteiger partial charge in [-0.3, -0.25) is 4.79 Å². The summed E-state index contributed by atoms with van der Waals surface area (Å²) >= 11 is 0. The second-order valence-electron chi connectivity index (χ2n) is 4.50. The van der Waals surface area contributed by atoms with Crippen molar-refractivity contribution in [3.8, 4) is 11.5 Å². The second kappa shape index (κ2) is 6.43. The van der Waals surface area contributed by atoms with Gasteiger partial charge in [0.15, 0.2) is 0 Å². The zero-order chi connectivity index (χ0) is 14.6. The molecular formula is C14H21NO4. The summed E-state index contributed by atoms with van der Waals surface area (Å²) in [4.78, 5) is 13.1. The predicted molar refractivity (Wildman–Crippen MR) is 72.4 cm³/mol. The van der Waals surface area contributed by atoms with Crippen LogP contribution in [0.1, 0.15) is 18.1 Å². The molecule has 1 rings (SSSR count). The van der Waals surface area contributed by atoms with Crippen LogP contribution in [0.5, 0.6) is 11.5 Å². The molecule has 1 atom stereocenters. The molecule has 19 heavy (non-hydrogen) atoms. The molecule has 5 heteroatoms. The molecule has 0 fully saturated rings. The number of hydrogen-bond acceptors (Lipinski definition) is 4. The number of hydrogen-bond donors (Lipinski definition) is 1. The van der Waals surface area contributed by atoms with E-state index >= 15 is 0 Å². The third kappa shape index (κ3) is 3.61. The van der Waals surface area contributed by atoms with Crippen molar-refractivity contribution < 1.29 is 19.4 Å². The van der Waals surface area contributed by atoms with E-state index in [0.717, 1.165) is 16.9 Å². The molecule has 1 unspecified atom stereocenters. The van der Waals surface area contributed by atoms with Crippen LogP contribution in [-0.4, -0.2) is 43.3 Å². The van der Waals surface area contributed by atoms with Crippen molar-refractivity contribution in [3.05, 3.63) is 23.3 Å². The van der Waals surface area contributed by atoms with Gasteiger partial charge in [-0.2, -0.15) is 0 Å². The fourth-order valence-corrected chi connectivity index (χ4v) is 1.89. The summed E-state index contributed by atoms with van der Waals surface area (Å²) in [5.74, 6) is 1.11. The minimum Gasteiger partial charge on any atom is -0.496 e. The van der Waals surface area contributed by atoms with Gasteiger partial charge in [-0.15, -0.1) is 0 Å². The van der Waals surface area contributed by atoms with Gasteiger partial charge in [-0.25, -0.2) is 0 Å². The average Bonchev–Trinajstić information content (AvgIpc) is 2.38. The van der Waals surface area contributed by atoms with E-state index in [9.17, 15) is 9.90 Å². The van der Waals surface area contributed by atoms with Gasteiger partial charge in [-0.05, 0) is 31.5 Å². The standard InChI is InChI=1S/C14H21NO4/c1-9-6-13(19-5)11(7-12(9)18-4)8-15(3)14(17)10(2)16/h6-7,10,16H,8H2,1-5H3. The van der Waals surface area contributed by atoms with E-state index in [1.807, 2.05) is 19.1 Å². The van der Waals surface area contributed by atoms with Gasteiger partial charge in [0.1, 0.15) is 17.6 Å². The number of nitrogens with zero attached hydrogens (tertiary/aromatic N) is 1. The van der Waals surface area contributed by atoms with Crippen molar-refractivity contribution in [2.75, 3.05) is 21.3 Å². The number of rotatable bonds is 5. The van der Waals surface area contributed by atoms with Crippen LogP contribution in [0.15, 0.2) is 12.1 Å². The SMILES string of the molecule is COc1cc(CN(C)C(=O)C(C)O)c(OC)cc1C. The lowest BCUT2D eigenvalue weighted by atomic mass is 10.1. The van der Waals surface area contributed by atoms with Crippen LogP contribution >= 0.6 is 0 Å². The number of likely N-dealkylation sites (N-methyl/N-ethyl adjacent to an activating group) is 1. The van der Waals surface area contributed by atoms with E-state index in [0.29, 0.717) is 12.3 Å². The maximum absolute atomic E-state index is 11.7. The van der Waals surface area contributed by atoms with Crippen LogP contribution in [0, 0.1) is 6.92 Å².